The molecule has 0 saturated heterocycles. The Balaban J connectivity index is 1.74. The van der Waals surface area contributed by atoms with Crippen LogP contribution in [0.25, 0.3) is 0 Å². The molecule has 0 nitrogen and oxygen atoms in total. The van der Waals surface area contributed by atoms with E-state index in [1.165, 1.54) is 22.2 Å². The Morgan fingerprint density at radius 3 is 1.33 bits per heavy atom. The molecule has 1 radical (unpaired) electrons. The lowest BCUT2D eigenvalue weighted by molar-refractivity contribution is 1.26. The molecular formula is C26H22B. The van der Waals surface area contributed by atoms with E-state index < -0.39 is 0 Å². The van der Waals surface area contributed by atoms with E-state index in [0.717, 1.165) is 22.3 Å². The third-order valence-electron chi connectivity index (χ3n) is 4.76. The monoisotopic (exact) mass is 345 g/mol. The molecule has 0 N–H and O–H groups in total. The SMILES string of the molecule is C[B]c1ccc(C#Cc2ccc(C#Cc3cc(C)c(C)c(C)c3)cc2)cc1. The largest absolute Gasteiger partial charge is 0.148 e. The fraction of sp³-hybridized carbons (Fsp3) is 0.154. The highest BCUT2D eigenvalue weighted by atomic mass is 14.0. The van der Waals surface area contributed by atoms with Crippen molar-refractivity contribution in [3.05, 3.63) is 99.6 Å². The Morgan fingerprint density at radius 2 is 0.926 bits per heavy atom. The summed E-state index contributed by atoms with van der Waals surface area (Å²) >= 11 is 0. The van der Waals surface area contributed by atoms with E-state index >= 15 is 0 Å². The van der Waals surface area contributed by atoms with Gasteiger partial charge in [-0.05, 0) is 86.0 Å². The molecule has 0 heterocycles. The van der Waals surface area contributed by atoms with E-state index in [2.05, 4.69) is 76.0 Å². The zero-order valence-corrected chi connectivity index (χ0v) is 16.4. The minimum absolute atomic E-state index is 0.994. The topological polar surface area (TPSA) is 0 Å². The maximum atomic E-state index is 3.27. The molecule has 1 heteroatoms. The maximum Gasteiger partial charge on any atom is 0.148 e. The van der Waals surface area contributed by atoms with Crippen molar-refractivity contribution in [2.24, 2.45) is 0 Å². The fourth-order valence-electron chi connectivity index (χ4n) is 2.79. The Hall–Kier alpha value is -3.16. The van der Waals surface area contributed by atoms with Crippen LogP contribution in [-0.2, 0) is 0 Å². The highest BCUT2D eigenvalue weighted by molar-refractivity contribution is 6.51. The molecule has 27 heavy (non-hydrogen) atoms. The van der Waals surface area contributed by atoms with Crippen LogP contribution < -0.4 is 5.46 Å². The molecule has 129 valence electrons. The summed E-state index contributed by atoms with van der Waals surface area (Å²) in [5, 5.41) is 0. The van der Waals surface area contributed by atoms with Gasteiger partial charge in [-0.3, -0.25) is 0 Å². The normalized spacial score (nSPS) is 9.63. The van der Waals surface area contributed by atoms with Crippen molar-refractivity contribution >= 4 is 12.7 Å². The molecule has 0 bridgehead atoms. The predicted molar refractivity (Wildman–Crippen MR) is 117 cm³/mol. The van der Waals surface area contributed by atoms with Crippen LogP contribution in [0.15, 0.2) is 60.7 Å². The molecule has 0 aliphatic rings. The van der Waals surface area contributed by atoms with Gasteiger partial charge in [0.2, 0.25) is 0 Å². The Kier molecular flexibility index (Phi) is 5.85. The van der Waals surface area contributed by atoms with Crippen LogP contribution in [-0.4, -0.2) is 7.28 Å². The molecular weight excluding hydrogens is 323 g/mol. The molecule has 3 aromatic carbocycles. The summed E-state index contributed by atoms with van der Waals surface area (Å²) in [6.45, 7) is 8.45. The lowest BCUT2D eigenvalue weighted by atomic mass is 9.73. The quantitative estimate of drug-likeness (QED) is 0.439. The van der Waals surface area contributed by atoms with Crippen LogP contribution in [0.3, 0.4) is 0 Å². The average Bonchev–Trinajstić information content (AvgIpc) is 2.70. The van der Waals surface area contributed by atoms with E-state index in [9.17, 15) is 0 Å². The van der Waals surface area contributed by atoms with Gasteiger partial charge in [-0.1, -0.05) is 48.1 Å². The van der Waals surface area contributed by atoms with E-state index in [4.69, 9.17) is 0 Å². The summed E-state index contributed by atoms with van der Waals surface area (Å²) in [6, 6.07) is 20.7. The zero-order valence-electron chi connectivity index (χ0n) is 16.4. The van der Waals surface area contributed by atoms with Crippen LogP contribution in [0.2, 0.25) is 6.82 Å². The highest BCUT2D eigenvalue weighted by Gasteiger charge is 1.98. The summed E-state index contributed by atoms with van der Waals surface area (Å²) in [7, 11) is 2.08. The van der Waals surface area contributed by atoms with Gasteiger partial charge in [0.05, 0.1) is 0 Å². The Morgan fingerprint density at radius 1 is 0.556 bits per heavy atom. The molecule has 0 spiro atoms. The van der Waals surface area contributed by atoms with Gasteiger partial charge in [0, 0.05) is 22.3 Å². The highest BCUT2D eigenvalue weighted by Crippen LogP contribution is 2.14. The summed E-state index contributed by atoms with van der Waals surface area (Å²) in [5.41, 5.74) is 9.20. The van der Waals surface area contributed by atoms with E-state index in [1.54, 1.807) is 0 Å². The summed E-state index contributed by atoms with van der Waals surface area (Å²) < 4.78 is 0. The maximum absolute atomic E-state index is 3.27. The average molecular weight is 345 g/mol. The molecule has 3 rings (SSSR count). The number of hydrogen-bond acceptors (Lipinski definition) is 0. The van der Waals surface area contributed by atoms with Crippen molar-refractivity contribution < 1.29 is 0 Å². The first-order valence-corrected chi connectivity index (χ1v) is 9.16. The van der Waals surface area contributed by atoms with Crippen molar-refractivity contribution in [3.63, 3.8) is 0 Å². The summed E-state index contributed by atoms with van der Waals surface area (Å²) in [5.74, 6) is 12.9. The molecule has 0 amide bonds. The second kappa shape index (κ2) is 8.48. The second-order valence-corrected chi connectivity index (χ2v) is 6.72. The van der Waals surface area contributed by atoms with E-state index in [-0.39, 0.29) is 0 Å². The second-order valence-electron chi connectivity index (χ2n) is 6.72. The number of aryl methyl sites for hydroxylation is 2. The smallest absolute Gasteiger partial charge is 0.0880 e. The van der Waals surface area contributed by atoms with Crippen LogP contribution >= 0.6 is 0 Å². The molecule has 0 fully saturated rings. The van der Waals surface area contributed by atoms with Crippen molar-refractivity contribution in [2.45, 2.75) is 27.6 Å². The third-order valence-corrected chi connectivity index (χ3v) is 4.76. The van der Waals surface area contributed by atoms with Gasteiger partial charge in [-0.25, -0.2) is 0 Å². The van der Waals surface area contributed by atoms with E-state index in [1.807, 2.05) is 43.2 Å². The van der Waals surface area contributed by atoms with Crippen molar-refractivity contribution in [1.82, 2.24) is 0 Å². The first kappa shape index (κ1) is 18.6. The van der Waals surface area contributed by atoms with Gasteiger partial charge < -0.3 is 0 Å². The van der Waals surface area contributed by atoms with Crippen LogP contribution in [0.4, 0.5) is 0 Å². The van der Waals surface area contributed by atoms with Gasteiger partial charge >= 0.3 is 0 Å². The molecule has 0 aliphatic carbocycles. The molecule has 0 atom stereocenters. The lowest BCUT2D eigenvalue weighted by Crippen LogP contribution is -2.08. The first-order valence-electron chi connectivity index (χ1n) is 9.16. The standard InChI is InChI=1S/C26H22B/c1-19-17-25(18-20(2)21(19)3)12-11-23-7-5-22(6-8-23)9-10-24-13-15-26(27-4)16-14-24/h5-8,13-18H,1-4H3. The lowest BCUT2D eigenvalue weighted by Gasteiger charge is -2.04. The molecule has 0 aliphatic heterocycles. The van der Waals surface area contributed by atoms with Crippen LogP contribution in [0, 0.1) is 44.5 Å². The third kappa shape index (κ3) is 4.94. The van der Waals surface area contributed by atoms with Crippen molar-refractivity contribution in [2.75, 3.05) is 0 Å². The minimum Gasteiger partial charge on any atom is -0.0880 e. The zero-order chi connectivity index (χ0) is 19.2. The predicted octanol–water partition coefficient (Wildman–Crippen LogP) is 4.79. The summed E-state index contributed by atoms with van der Waals surface area (Å²) in [4.78, 5) is 0. The minimum atomic E-state index is 0.994. The van der Waals surface area contributed by atoms with Crippen molar-refractivity contribution in [1.29, 1.82) is 0 Å². The molecule has 3 aromatic rings. The van der Waals surface area contributed by atoms with Crippen LogP contribution in [0.5, 0.6) is 0 Å². The van der Waals surface area contributed by atoms with Gasteiger partial charge in [0.15, 0.2) is 0 Å². The van der Waals surface area contributed by atoms with Gasteiger partial charge in [0.25, 0.3) is 0 Å². The number of benzene rings is 3. The Labute approximate surface area is 163 Å². The van der Waals surface area contributed by atoms with E-state index in [0.29, 0.717) is 0 Å². The molecule has 0 aromatic heterocycles. The van der Waals surface area contributed by atoms with Crippen LogP contribution in [0.1, 0.15) is 38.9 Å². The first-order chi connectivity index (χ1) is 13.0. The van der Waals surface area contributed by atoms with Gasteiger partial charge in [-0.2, -0.15) is 0 Å². The van der Waals surface area contributed by atoms with Gasteiger partial charge in [0.1, 0.15) is 7.28 Å². The van der Waals surface area contributed by atoms with Gasteiger partial charge in [-0.15, -0.1) is 0 Å². The molecule has 0 saturated carbocycles. The Bertz CT molecular complexity index is 1040. The summed E-state index contributed by atoms with van der Waals surface area (Å²) in [6.07, 6.45) is 0. The fourth-order valence-corrected chi connectivity index (χ4v) is 2.79. The van der Waals surface area contributed by atoms with Crippen molar-refractivity contribution in [3.8, 4) is 23.7 Å². The number of rotatable bonds is 1. The number of hydrogen-bond donors (Lipinski definition) is 0. The molecule has 0 unspecified atom stereocenters.